The summed E-state index contributed by atoms with van der Waals surface area (Å²) in [6, 6.07) is 8.08. The molecular weight excluding hydrogens is 663 g/mol. The van der Waals surface area contributed by atoms with Crippen molar-refractivity contribution in [2.45, 2.75) is 79.1 Å². The maximum atomic E-state index is 14.7. The first-order valence-electron chi connectivity index (χ1n) is 13.8. The fourth-order valence-corrected chi connectivity index (χ4v) is 9.04. The molecule has 0 spiro atoms. The summed E-state index contributed by atoms with van der Waals surface area (Å²) in [7, 11) is 3.22. The van der Waals surface area contributed by atoms with E-state index in [2.05, 4.69) is 0 Å². The van der Waals surface area contributed by atoms with Crippen LogP contribution < -0.4 is 9.47 Å². The summed E-state index contributed by atoms with van der Waals surface area (Å²) in [5.74, 6) is -7.11. The van der Waals surface area contributed by atoms with Crippen LogP contribution in [0, 0.1) is 30.4 Å². The second-order valence-corrected chi connectivity index (χ2v) is 15.7. The van der Waals surface area contributed by atoms with Crippen LogP contribution in [0.3, 0.4) is 0 Å². The Bertz CT molecular complexity index is 1340. The van der Waals surface area contributed by atoms with E-state index in [0.29, 0.717) is 6.07 Å². The fourth-order valence-electron chi connectivity index (χ4n) is 4.71. The molecule has 42 heavy (non-hydrogen) atoms. The van der Waals surface area contributed by atoms with E-state index in [9.17, 15) is 22.4 Å². The van der Waals surface area contributed by atoms with Crippen LogP contribution in [0.1, 0.15) is 112 Å². The molecule has 0 fully saturated rings. The average Bonchev–Trinajstić information content (AvgIpc) is 2.94. The molecule has 0 aliphatic carbocycles. The van der Waals surface area contributed by atoms with Crippen LogP contribution >= 0.6 is 20.2 Å². The number of hydrogen-bond donors (Lipinski definition) is 0. The number of carbonyl (C=O) groups excluding carboxylic acids is 1. The van der Waals surface area contributed by atoms with E-state index >= 15 is 0 Å². The van der Waals surface area contributed by atoms with Crippen LogP contribution in [0.25, 0.3) is 0 Å². The quantitative estimate of drug-likeness (QED) is 0.0914. The van der Waals surface area contributed by atoms with Gasteiger partial charge in [0.1, 0.15) is 0 Å². The summed E-state index contributed by atoms with van der Waals surface area (Å²) in [6.45, 7) is 16.2. The third kappa shape index (κ3) is 6.71. The van der Waals surface area contributed by atoms with Gasteiger partial charge in [-0.3, -0.25) is 0 Å². The van der Waals surface area contributed by atoms with Crippen molar-refractivity contribution in [1.82, 2.24) is 0 Å². The van der Waals surface area contributed by atoms with Crippen LogP contribution in [0.2, 0.25) is 0 Å². The minimum atomic E-state index is -3.30. The Morgan fingerprint density at radius 2 is 0.952 bits per heavy atom. The number of halogens is 5. The van der Waals surface area contributed by atoms with Crippen molar-refractivity contribution in [2.24, 2.45) is 0 Å². The molecule has 0 bridgehead atoms. The first-order valence-corrected chi connectivity index (χ1v) is 16.9. The van der Waals surface area contributed by atoms with Gasteiger partial charge in [-0.2, -0.15) is 0 Å². The summed E-state index contributed by atoms with van der Waals surface area (Å²) in [5.41, 5.74) is 2.62. The molecule has 0 saturated carbocycles. The predicted molar refractivity (Wildman–Crippen MR) is 165 cm³/mol. The van der Waals surface area contributed by atoms with Crippen LogP contribution in [0.15, 0.2) is 30.3 Å². The topological polar surface area (TPSA) is 44.8 Å². The van der Waals surface area contributed by atoms with Crippen molar-refractivity contribution in [1.29, 1.82) is 0 Å². The molecule has 0 amide bonds. The molecule has 0 N–H and O–H groups in total. The molecule has 4 nitrogen and oxygen atoms in total. The third-order valence-electron chi connectivity index (χ3n) is 6.98. The molecule has 3 aromatic carbocycles. The monoisotopic (exact) mass is 702 g/mol. The van der Waals surface area contributed by atoms with E-state index in [-0.39, 0.29) is 23.7 Å². The summed E-state index contributed by atoms with van der Waals surface area (Å²) in [4.78, 5) is 13.4. The SMILES string of the molecule is COc1c(C(C)C)cc(I(OC(=O)c2cc(F)c(F)c(F)c2F)c2cc(C(C)C)c(OC)c(C(C)C)c2)cc1C(C)C. The van der Waals surface area contributed by atoms with Crippen molar-refractivity contribution >= 4 is 26.2 Å². The van der Waals surface area contributed by atoms with Crippen molar-refractivity contribution in [3.63, 3.8) is 0 Å². The Morgan fingerprint density at radius 3 is 1.26 bits per heavy atom. The molecule has 3 rings (SSSR count). The van der Waals surface area contributed by atoms with E-state index in [1.54, 1.807) is 14.2 Å². The maximum absolute atomic E-state index is 14.7. The van der Waals surface area contributed by atoms with Crippen LogP contribution in [0.4, 0.5) is 17.6 Å². The molecule has 0 heterocycles. The third-order valence-corrected chi connectivity index (χ3v) is 11.3. The van der Waals surface area contributed by atoms with E-state index in [0.717, 1.165) is 40.9 Å². The van der Waals surface area contributed by atoms with Gasteiger partial charge in [-0.15, -0.1) is 0 Å². The summed E-state index contributed by atoms with van der Waals surface area (Å²) < 4.78 is 75.7. The summed E-state index contributed by atoms with van der Waals surface area (Å²) in [5, 5.41) is 0. The fraction of sp³-hybridized carbons (Fsp3) is 0.424. The van der Waals surface area contributed by atoms with Gasteiger partial charge in [-0.25, -0.2) is 0 Å². The number of benzene rings is 3. The Kier molecular flexibility index (Phi) is 10.9. The minimum absolute atomic E-state index is 0.0527. The van der Waals surface area contributed by atoms with E-state index in [1.165, 1.54) is 0 Å². The number of rotatable bonds is 10. The molecular formula is C33H39F4IO4. The molecule has 0 unspecified atom stereocenters. The van der Waals surface area contributed by atoms with Crippen molar-refractivity contribution < 1.29 is 34.9 Å². The van der Waals surface area contributed by atoms with Crippen LogP contribution in [-0.2, 0) is 3.07 Å². The van der Waals surface area contributed by atoms with Crippen LogP contribution in [-0.4, -0.2) is 20.2 Å². The summed E-state index contributed by atoms with van der Waals surface area (Å²) >= 11 is -3.30. The van der Waals surface area contributed by atoms with Gasteiger partial charge in [0.25, 0.3) is 0 Å². The molecule has 0 radical (unpaired) electrons. The Hall–Kier alpha value is -2.82. The zero-order valence-corrected chi connectivity index (χ0v) is 27.9. The van der Waals surface area contributed by atoms with Gasteiger partial charge in [0.15, 0.2) is 0 Å². The zero-order valence-electron chi connectivity index (χ0n) is 25.7. The molecule has 0 atom stereocenters. The summed E-state index contributed by atoms with van der Waals surface area (Å²) in [6.07, 6.45) is 0. The van der Waals surface area contributed by atoms with Gasteiger partial charge in [0.2, 0.25) is 0 Å². The van der Waals surface area contributed by atoms with E-state index < -0.39 is 55.0 Å². The van der Waals surface area contributed by atoms with Gasteiger partial charge in [0, 0.05) is 0 Å². The second kappa shape index (κ2) is 13.7. The second-order valence-electron chi connectivity index (χ2n) is 11.3. The molecule has 230 valence electrons. The first kappa shape index (κ1) is 33.7. The number of methoxy groups -OCH3 is 2. The molecule has 0 aliphatic rings. The average molecular weight is 703 g/mol. The first-order chi connectivity index (χ1) is 19.6. The standard InChI is InChI=1S/C33H39F4IO4/c1-16(2)22-11-20(12-23(17(3)4)31(22)40-9)38(42-33(39)26-15-27(34)29(36)30(37)28(26)35)21-13-24(18(5)6)32(41-10)25(14-21)19(7)8/h11-19H,1-10H3. The number of ether oxygens (including phenoxy) is 2. The van der Waals surface area contributed by atoms with Gasteiger partial charge in [-0.05, 0) is 0 Å². The number of hydrogen-bond acceptors (Lipinski definition) is 4. The van der Waals surface area contributed by atoms with Gasteiger partial charge >= 0.3 is 254 Å². The number of carbonyl (C=O) groups is 1. The van der Waals surface area contributed by atoms with E-state index in [4.69, 9.17) is 12.5 Å². The molecule has 0 saturated heterocycles. The van der Waals surface area contributed by atoms with Gasteiger partial charge in [0.05, 0.1) is 0 Å². The zero-order chi connectivity index (χ0) is 31.6. The predicted octanol–water partition coefficient (Wildman–Crippen LogP) is 10.1. The molecule has 3 aromatic rings. The van der Waals surface area contributed by atoms with Crippen molar-refractivity contribution in [3.05, 3.63) is 88.6 Å². The van der Waals surface area contributed by atoms with Crippen LogP contribution in [0.5, 0.6) is 11.5 Å². The van der Waals surface area contributed by atoms with E-state index in [1.807, 2.05) is 79.7 Å². The van der Waals surface area contributed by atoms with Crippen molar-refractivity contribution in [3.8, 4) is 11.5 Å². The molecule has 0 aromatic heterocycles. The Labute approximate surface area is 253 Å². The Morgan fingerprint density at radius 1 is 0.595 bits per heavy atom. The van der Waals surface area contributed by atoms with Crippen molar-refractivity contribution in [2.75, 3.05) is 14.2 Å². The molecule has 0 aliphatic heterocycles. The normalized spacial score (nSPS) is 12.0. The molecule has 9 heteroatoms. The Balaban J connectivity index is 2.38. The van der Waals surface area contributed by atoms with Gasteiger partial charge in [-0.1, -0.05) is 0 Å². The van der Waals surface area contributed by atoms with Gasteiger partial charge < -0.3 is 0 Å².